The molecule has 52 heavy (non-hydrogen) atoms. The maximum Gasteiger partial charge on any atom is 0.404 e. The lowest BCUT2D eigenvalue weighted by Crippen LogP contribution is -2.44. The summed E-state index contributed by atoms with van der Waals surface area (Å²) in [7, 11) is 0. The number of aryl methyl sites for hydroxylation is 1. The highest BCUT2D eigenvalue weighted by Crippen LogP contribution is 2.40. The standard InChI is InChI=1S/C40H36N8O3.ClH/c41-17-22-13-32(42-18-22)39-44-20-34(46-39)29-8-7-27-14-26(5-6-28(27)15-29)23-1-3-24(4-2-23)33-19-43-38(45-33)30-16-35(49)36-31(47-40(50)51)10-9-25-11-12-48(21-30)37(25)36;/h1-8,11-12,14-15,19-20,22,30-32,36,42,47H,9-10,13,16,18,21H2,(H,43,45)(H,44,46)(H,50,51);1H/t22-,30+,31+,32+,36?;/m1./s1. The number of imidazole rings is 2. The molecule has 0 saturated carbocycles. The largest absolute Gasteiger partial charge is 0.465 e. The van der Waals surface area contributed by atoms with Gasteiger partial charge in [-0.2, -0.15) is 5.26 Å². The highest BCUT2D eigenvalue weighted by atomic mass is 35.5. The van der Waals surface area contributed by atoms with Gasteiger partial charge in [0.05, 0.1) is 47.7 Å². The second kappa shape index (κ2) is 13.5. The molecule has 1 saturated heterocycles. The number of hydrogen-bond donors (Lipinski definition) is 5. The lowest BCUT2D eigenvalue weighted by molar-refractivity contribution is -0.121. The summed E-state index contributed by atoms with van der Waals surface area (Å²) in [4.78, 5) is 41.4. The zero-order chi connectivity index (χ0) is 34.6. The molecule has 3 aliphatic rings. The van der Waals surface area contributed by atoms with Crippen LogP contribution in [0.4, 0.5) is 4.79 Å². The van der Waals surface area contributed by atoms with Crippen molar-refractivity contribution in [3.8, 4) is 39.7 Å². The van der Waals surface area contributed by atoms with Crippen molar-refractivity contribution < 1.29 is 14.7 Å². The highest BCUT2D eigenvalue weighted by molar-refractivity contribution is 5.91. The van der Waals surface area contributed by atoms with E-state index in [-0.39, 0.29) is 36.1 Å². The molecule has 1 unspecified atom stereocenters. The van der Waals surface area contributed by atoms with E-state index in [4.69, 9.17) is 4.98 Å². The first-order valence-corrected chi connectivity index (χ1v) is 17.5. The normalized spacial score (nSPS) is 22.3. The maximum absolute atomic E-state index is 13.6. The van der Waals surface area contributed by atoms with Crippen LogP contribution < -0.4 is 10.6 Å². The number of hydrogen-bond acceptors (Lipinski definition) is 6. The van der Waals surface area contributed by atoms with Gasteiger partial charge in [0.15, 0.2) is 0 Å². The quantitative estimate of drug-likeness (QED) is 0.123. The summed E-state index contributed by atoms with van der Waals surface area (Å²) < 4.78 is 2.13. The number of halogens is 1. The van der Waals surface area contributed by atoms with E-state index in [0.29, 0.717) is 25.9 Å². The number of benzene rings is 3. The van der Waals surface area contributed by atoms with Gasteiger partial charge in [-0.05, 0) is 70.5 Å². The number of carbonyl (C=O) groups excluding carboxylic acids is 1. The van der Waals surface area contributed by atoms with Gasteiger partial charge in [0.1, 0.15) is 17.4 Å². The van der Waals surface area contributed by atoms with Crippen molar-refractivity contribution in [3.63, 3.8) is 0 Å². The molecular formula is C40H37ClN8O3. The van der Waals surface area contributed by atoms with Crippen molar-refractivity contribution in [1.29, 1.82) is 5.26 Å². The van der Waals surface area contributed by atoms with E-state index in [9.17, 15) is 20.0 Å². The zero-order valence-corrected chi connectivity index (χ0v) is 29.0. The van der Waals surface area contributed by atoms with Crippen molar-refractivity contribution in [3.05, 3.63) is 108 Å². The van der Waals surface area contributed by atoms with Gasteiger partial charge in [-0.15, -0.1) is 12.4 Å². The monoisotopic (exact) mass is 712 g/mol. The number of H-pyrrole nitrogens is 2. The molecule has 1 aliphatic carbocycles. The number of aromatic nitrogens is 5. The molecule has 3 aromatic heterocycles. The summed E-state index contributed by atoms with van der Waals surface area (Å²) in [5.41, 5.74) is 8.22. The molecule has 1 amide bonds. The van der Waals surface area contributed by atoms with Gasteiger partial charge in [0.25, 0.3) is 0 Å². The molecule has 0 bridgehead atoms. The summed E-state index contributed by atoms with van der Waals surface area (Å²) in [6, 6.07) is 25.4. The Morgan fingerprint density at radius 3 is 2.33 bits per heavy atom. The van der Waals surface area contributed by atoms with Crippen LogP contribution >= 0.6 is 12.4 Å². The number of aromatic amines is 2. The lowest BCUT2D eigenvalue weighted by atomic mass is 9.79. The molecule has 12 heteroatoms. The predicted molar refractivity (Wildman–Crippen MR) is 199 cm³/mol. The Morgan fingerprint density at radius 1 is 0.904 bits per heavy atom. The first-order chi connectivity index (χ1) is 24.9. The second-order valence-corrected chi connectivity index (χ2v) is 14.1. The van der Waals surface area contributed by atoms with Gasteiger partial charge in [0.2, 0.25) is 0 Å². The Kier molecular flexibility index (Phi) is 8.65. The van der Waals surface area contributed by atoms with E-state index >= 15 is 0 Å². The fourth-order valence-electron chi connectivity index (χ4n) is 8.32. The molecule has 3 aromatic carbocycles. The third kappa shape index (κ3) is 6.04. The summed E-state index contributed by atoms with van der Waals surface area (Å²) in [6.07, 6.45) is 7.05. The van der Waals surface area contributed by atoms with Crippen LogP contribution in [0.25, 0.3) is 44.4 Å². The van der Waals surface area contributed by atoms with Crippen LogP contribution in [0.2, 0.25) is 0 Å². The Labute approximate surface area is 305 Å². The smallest absolute Gasteiger partial charge is 0.404 e. The van der Waals surface area contributed by atoms with Crippen LogP contribution in [-0.4, -0.2) is 54.1 Å². The van der Waals surface area contributed by atoms with Crippen LogP contribution in [0.1, 0.15) is 60.0 Å². The molecule has 5 atom stereocenters. The highest BCUT2D eigenvalue weighted by Gasteiger charge is 2.41. The summed E-state index contributed by atoms with van der Waals surface area (Å²) in [5.74, 6) is 1.08. The van der Waals surface area contributed by atoms with E-state index in [1.807, 2.05) is 18.6 Å². The van der Waals surface area contributed by atoms with Gasteiger partial charge in [-0.25, -0.2) is 14.8 Å². The molecule has 5 heterocycles. The Balaban J connectivity index is 0.00000387. The van der Waals surface area contributed by atoms with Crippen LogP contribution in [0, 0.1) is 17.2 Å². The third-order valence-corrected chi connectivity index (χ3v) is 10.9. The van der Waals surface area contributed by atoms with Crippen LogP contribution in [0.3, 0.4) is 0 Å². The van der Waals surface area contributed by atoms with Crippen LogP contribution in [-0.2, 0) is 17.8 Å². The molecular weight excluding hydrogens is 676 g/mol. The van der Waals surface area contributed by atoms with Crippen molar-refractivity contribution in [2.75, 3.05) is 6.54 Å². The van der Waals surface area contributed by atoms with Gasteiger partial charge < -0.3 is 30.3 Å². The van der Waals surface area contributed by atoms with E-state index in [1.54, 1.807) is 0 Å². The maximum atomic E-state index is 13.6. The lowest BCUT2D eigenvalue weighted by Gasteiger charge is -2.31. The van der Waals surface area contributed by atoms with E-state index in [2.05, 4.69) is 103 Å². The summed E-state index contributed by atoms with van der Waals surface area (Å²) >= 11 is 0. The van der Waals surface area contributed by atoms with Crippen LogP contribution in [0.5, 0.6) is 0 Å². The topological polar surface area (TPSA) is 165 Å². The zero-order valence-electron chi connectivity index (χ0n) is 28.2. The minimum absolute atomic E-state index is 0. The average molecular weight is 713 g/mol. The van der Waals surface area contributed by atoms with Gasteiger partial charge in [0, 0.05) is 48.9 Å². The van der Waals surface area contributed by atoms with E-state index in [0.717, 1.165) is 80.2 Å². The van der Waals surface area contributed by atoms with E-state index in [1.165, 1.54) is 0 Å². The summed E-state index contributed by atoms with van der Waals surface area (Å²) in [5, 5.41) is 26.9. The second-order valence-electron chi connectivity index (χ2n) is 14.1. The van der Waals surface area contributed by atoms with Crippen molar-refractivity contribution in [2.24, 2.45) is 5.92 Å². The number of carboxylic acid groups (broad SMARTS) is 1. The molecule has 9 rings (SSSR count). The van der Waals surface area contributed by atoms with Crippen LogP contribution in [0.15, 0.2) is 85.3 Å². The fourth-order valence-corrected chi connectivity index (χ4v) is 8.32. The molecule has 262 valence electrons. The Hall–Kier alpha value is -5.70. The Bertz CT molecular complexity index is 2350. The molecule has 0 spiro atoms. The number of Topliss-reactive ketones (excluding diaryl/α,β-unsaturated/α-hetero) is 1. The molecule has 6 aromatic rings. The first-order valence-electron chi connectivity index (χ1n) is 17.5. The van der Waals surface area contributed by atoms with Crippen molar-refractivity contribution >= 4 is 35.1 Å². The number of nitrogens with zero attached hydrogens (tertiary/aromatic N) is 4. The average Bonchev–Trinajstić information content (AvgIpc) is 3.97. The SMILES string of the molecule is Cl.N#C[C@@H]1CN[C@H](c2ncc(-c3ccc4cc(-c5ccc(-c6cnc([C@H]7CC(=O)C8c9c(ccn9C7)CC[C@@H]8NC(=O)O)[nH]6)cc5)ccc4c3)[nH]2)C1. The summed E-state index contributed by atoms with van der Waals surface area (Å²) in [6.45, 7) is 1.30. The predicted octanol–water partition coefficient (Wildman–Crippen LogP) is 7.11. The number of carbonyl (C=O) groups is 2. The number of rotatable bonds is 6. The number of ketones is 1. The minimum atomic E-state index is -1.10. The molecule has 5 N–H and O–H groups in total. The number of nitrogens with one attached hydrogen (secondary N) is 4. The molecule has 1 fully saturated rings. The third-order valence-electron chi connectivity index (χ3n) is 10.9. The molecule has 0 radical (unpaired) electrons. The van der Waals surface area contributed by atoms with E-state index < -0.39 is 18.1 Å². The number of nitriles is 1. The number of amides is 1. The Morgan fingerprint density at radius 2 is 1.58 bits per heavy atom. The van der Waals surface area contributed by atoms with Gasteiger partial charge in [-0.3, -0.25) is 4.79 Å². The van der Waals surface area contributed by atoms with Gasteiger partial charge >= 0.3 is 6.09 Å². The fraction of sp³-hybridized carbons (Fsp3) is 0.275. The van der Waals surface area contributed by atoms with Crippen molar-refractivity contribution in [1.82, 2.24) is 35.1 Å². The first kappa shape index (κ1) is 33.4. The minimum Gasteiger partial charge on any atom is -0.465 e. The molecule has 2 aliphatic heterocycles. The van der Waals surface area contributed by atoms with Gasteiger partial charge in [-0.1, -0.05) is 48.5 Å². The number of fused-ring (bicyclic) bond motifs is 1. The molecule has 11 nitrogen and oxygen atoms in total. The van der Waals surface area contributed by atoms with Crippen molar-refractivity contribution in [2.45, 2.75) is 56.1 Å².